The second-order valence-corrected chi connectivity index (χ2v) is 6.39. The molecule has 3 rings (SSSR count). The molecule has 0 saturated heterocycles. The van der Waals surface area contributed by atoms with Crippen LogP contribution < -0.4 is 5.32 Å². The minimum Gasteiger partial charge on any atom is -0.480 e. The van der Waals surface area contributed by atoms with E-state index >= 15 is 0 Å². The highest BCUT2D eigenvalue weighted by molar-refractivity contribution is 6.00. The van der Waals surface area contributed by atoms with Gasteiger partial charge in [0.25, 0.3) is 5.91 Å². The first-order valence-electron chi connectivity index (χ1n) is 8.54. The maximum atomic E-state index is 14.0. The zero-order valence-corrected chi connectivity index (χ0v) is 14.4. The first kappa shape index (κ1) is 18.1. The highest BCUT2D eigenvalue weighted by Gasteiger charge is 2.35. The average Bonchev–Trinajstić information content (AvgIpc) is 3.05. The molecule has 1 heterocycles. The molecule has 0 bridgehead atoms. The first-order chi connectivity index (χ1) is 12.5. The first-order valence-corrected chi connectivity index (χ1v) is 8.54. The van der Waals surface area contributed by atoms with E-state index in [0.29, 0.717) is 30.6 Å². The monoisotopic (exact) mass is 360 g/mol. The van der Waals surface area contributed by atoms with Crippen LogP contribution in [0.3, 0.4) is 0 Å². The van der Waals surface area contributed by atoms with Crippen LogP contribution in [0.15, 0.2) is 30.5 Å². The number of aromatic amines is 1. The number of amides is 1. The number of carbonyl (C=O) groups excluding carboxylic acids is 1. The van der Waals surface area contributed by atoms with Crippen LogP contribution in [0.1, 0.15) is 30.1 Å². The van der Waals surface area contributed by atoms with Gasteiger partial charge in [0.15, 0.2) is 0 Å². The van der Waals surface area contributed by atoms with Crippen LogP contribution in [0.25, 0.3) is 11.3 Å². The molecule has 138 valence electrons. The number of aliphatic carboxylic acids is 1. The molecule has 0 spiro atoms. The van der Waals surface area contributed by atoms with E-state index in [9.17, 15) is 14.0 Å². The Morgan fingerprint density at radius 2 is 2.12 bits per heavy atom. The van der Waals surface area contributed by atoms with Gasteiger partial charge in [-0.2, -0.15) is 5.10 Å². The summed E-state index contributed by atoms with van der Waals surface area (Å²) in [7, 11) is 0. The lowest BCUT2D eigenvalue weighted by atomic mass is 9.85. The number of likely N-dealkylation sites (N-methyl/N-ethyl adjacent to an activating group) is 1. The molecule has 2 aromatic rings. The molecule has 0 aliphatic heterocycles. The van der Waals surface area contributed by atoms with Gasteiger partial charge in [0.2, 0.25) is 0 Å². The van der Waals surface area contributed by atoms with Gasteiger partial charge < -0.3 is 10.4 Å². The van der Waals surface area contributed by atoms with E-state index in [1.807, 2.05) is 11.8 Å². The Hall–Kier alpha value is -2.74. The molecule has 1 amide bonds. The third kappa shape index (κ3) is 3.75. The minimum absolute atomic E-state index is 0.000988. The Morgan fingerprint density at radius 3 is 2.77 bits per heavy atom. The fourth-order valence-corrected chi connectivity index (χ4v) is 3.27. The minimum atomic E-state index is -0.854. The molecule has 1 aromatic carbocycles. The quantitative estimate of drug-likeness (QED) is 0.700. The summed E-state index contributed by atoms with van der Waals surface area (Å²) in [6.07, 6.45) is 2.77. The van der Waals surface area contributed by atoms with Crippen molar-refractivity contribution < 1.29 is 19.1 Å². The fraction of sp³-hybridized carbons (Fsp3) is 0.389. The van der Waals surface area contributed by atoms with E-state index in [1.165, 1.54) is 12.3 Å². The van der Waals surface area contributed by atoms with Gasteiger partial charge in [-0.15, -0.1) is 0 Å². The molecule has 0 atom stereocenters. The number of hydrogen-bond acceptors (Lipinski definition) is 4. The van der Waals surface area contributed by atoms with Gasteiger partial charge in [-0.05, 0) is 31.5 Å². The summed E-state index contributed by atoms with van der Waals surface area (Å²) in [5.74, 6) is -1.60. The SMILES string of the molecule is CCN(CC(=O)O)C1CC(NC(=O)c2cn[nH]c2-c2ccccc2F)C1. The van der Waals surface area contributed by atoms with Gasteiger partial charge in [0.1, 0.15) is 5.82 Å². The fourth-order valence-electron chi connectivity index (χ4n) is 3.27. The molecular formula is C18H21FN4O3. The molecule has 1 fully saturated rings. The van der Waals surface area contributed by atoms with Crippen molar-refractivity contribution in [1.29, 1.82) is 0 Å². The van der Waals surface area contributed by atoms with Crippen LogP contribution >= 0.6 is 0 Å². The van der Waals surface area contributed by atoms with E-state index in [0.717, 1.165) is 0 Å². The van der Waals surface area contributed by atoms with Crippen molar-refractivity contribution in [3.05, 3.63) is 41.8 Å². The van der Waals surface area contributed by atoms with Gasteiger partial charge >= 0.3 is 5.97 Å². The smallest absolute Gasteiger partial charge is 0.317 e. The summed E-state index contributed by atoms with van der Waals surface area (Å²) < 4.78 is 14.0. The van der Waals surface area contributed by atoms with Crippen LogP contribution in [0.5, 0.6) is 0 Å². The zero-order valence-electron chi connectivity index (χ0n) is 14.4. The molecule has 1 saturated carbocycles. The van der Waals surface area contributed by atoms with Gasteiger partial charge in [-0.25, -0.2) is 4.39 Å². The predicted molar refractivity (Wildman–Crippen MR) is 93.1 cm³/mol. The maximum absolute atomic E-state index is 14.0. The molecule has 8 heteroatoms. The van der Waals surface area contributed by atoms with Gasteiger partial charge in [-0.1, -0.05) is 19.1 Å². The molecule has 3 N–H and O–H groups in total. The lowest BCUT2D eigenvalue weighted by molar-refractivity contribution is -0.139. The van der Waals surface area contributed by atoms with Gasteiger partial charge in [0.05, 0.1) is 24.0 Å². The Balaban J connectivity index is 1.62. The van der Waals surface area contributed by atoms with Crippen molar-refractivity contribution >= 4 is 11.9 Å². The van der Waals surface area contributed by atoms with Crippen LogP contribution in [0, 0.1) is 5.82 Å². The van der Waals surface area contributed by atoms with Crippen molar-refractivity contribution in [3.63, 3.8) is 0 Å². The molecule has 26 heavy (non-hydrogen) atoms. The number of carboxylic acid groups (broad SMARTS) is 1. The lowest BCUT2D eigenvalue weighted by Crippen LogP contribution is -2.54. The topological polar surface area (TPSA) is 98.3 Å². The normalized spacial score (nSPS) is 19.2. The van der Waals surface area contributed by atoms with Crippen molar-refractivity contribution in [3.8, 4) is 11.3 Å². The number of nitrogens with one attached hydrogen (secondary N) is 2. The number of halogens is 1. The Kier molecular flexibility index (Phi) is 5.32. The highest BCUT2D eigenvalue weighted by Crippen LogP contribution is 2.27. The van der Waals surface area contributed by atoms with Gasteiger partial charge in [-0.3, -0.25) is 19.6 Å². The standard InChI is InChI=1S/C18H21FN4O3/c1-2-23(10-16(24)25)12-7-11(8-12)21-18(26)14-9-20-22-17(14)13-5-3-4-6-15(13)19/h3-6,9,11-12H,2,7-8,10H2,1H3,(H,20,22)(H,21,26)(H,24,25). The van der Waals surface area contributed by atoms with E-state index in [4.69, 9.17) is 5.11 Å². The number of carboxylic acids is 1. The van der Waals surface area contributed by atoms with Crippen molar-refractivity contribution in [1.82, 2.24) is 20.4 Å². The van der Waals surface area contributed by atoms with Crippen molar-refractivity contribution in [2.75, 3.05) is 13.1 Å². The molecule has 0 radical (unpaired) electrons. The number of carbonyl (C=O) groups is 2. The summed E-state index contributed by atoms with van der Waals surface area (Å²) >= 11 is 0. The van der Waals surface area contributed by atoms with Crippen LogP contribution in [-0.2, 0) is 4.79 Å². The molecule has 1 aromatic heterocycles. The van der Waals surface area contributed by atoms with E-state index in [1.54, 1.807) is 18.2 Å². The second-order valence-electron chi connectivity index (χ2n) is 6.39. The summed E-state index contributed by atoms with van der Waals surface area (Å²) in [5.41, 5.74) is 0.925. The van der Waals surface area contributed by atoms with E-state index in [2.05, 4.69) is 15.5 Å². The maximum Gasteiger partial charge on any atom is 0.317 e. The average molecular weight is 360 g/mol. The molecule has 7 nitrogen and oxygen atoms in total. The summed E-state index contributed by atoms with van der Waals surface area (Å²) in [4.78, 5) is 25.3. The Labute approximate surface area is 150 Å². The number of rotatable bonds is 7. The predicted octanol–water partition coefficient (Wildman–Crippen LogP) is 1.88. The summed E-state index contributed by atoms with van der Waals surface area (Å²) in [6.45, 7) is 2.57. The van der Waals surface area contributed by atoms with Crippen molar-refractivity contribution in [2.45, 2.75) is 31.8 Å². The van der Waals surface area contributed by atoms with E-state index < -0.39 is 11.8 Å². The highest BCUT2D eigenvalue weighted by atomic mass is 19.1. The third-order valence-electron chi connectivity index (χ3n) is 4.74. The Bertz CT molecular complexity index is 801. The molecule has 0 unspecified atom stereocenters. The molecule has 1 aliphatic rings. The number of nitrogens with zero attached hydrogens (tertiary/aromatic N) is 2. The molecular weight excluding hydrogens is 339 g/mol. The number of H-pyrrole nitrogens is 1. The Morgan fingerprint density at radius 1 is 1.38 bits per heavy atom. The second kappa shape index (κ2) is 7.65. The van der Waals surface area contributed by atoms with Crippen LogP contribution in [-0.4, -0.2) is 57.3 Å². The van der Waals surface area contributed by atoms with Crippen LogP contribution in [0.2, 0.25) is 0 Å². The molecule has 1 aliphatic carbocycles. The van der Waals surface area contributed by atoms with Crippen molar-refractivity contribution in [2.24, 2.45) is 0 Å². The summed E-state index contributed by atoms with van der Waals surface area (Å²) in [5, 5.41) is 18.4. The summed E-state index contributed by atoms with van der Waals surface area (Å²) in [6, 6.07) is 6.31. The number of benzene rings is 1. The third-order valence-corrected chi connectivity index (χ3v) is 4.74. The number of aromatic nitrogens is 2. The van der Waals surface area contributed by atoms with Crippen LogP contribution in [0.4, 0.5) is 4.39 Å². The zero-order chi connectivity index (χ0) is 18.7. The number of hydrogen-bond donors (Lipinski definition) is 3. The largest absolute Gasteiger partial charge is 0.480 e. The van der Waals surface area contributed by atoms with E-state index in [-0.39, 0.29) is 30.1 Å². The van der Waals surface area contributed by atoms with Gasteiger partial charge in [0, 0.05) is 17.6 Å². The lowest BCUT2D eigenvalue weighted by Gasteiger charge is -2.42.